The van der Waals surface area contributed by atoms with E-state index < -0.39 is 17.5 Å². The SMILES string of the molecule is CNc1ncc(/C=C/C(=O)OC)cc1C(=O)OC(C)(C)C. The Bertz CT molecular complexity index is 559. The van der Waals surface area contributed by atoms with Gasteiger partial charge in [-0.1, -0.05) is 0 Å². The van der Waals surface area contributed by atoms with Crippen LogP contribution in [0.4, 0.5) is 5.82 Å². The molecule has 0 unspecified atom stereocenters. The standard InChI is InChI=1S/C15H20N2O4/c1-15(2,3)21-14(19)11-8-10(6-7-12(18)20-5)9-17-13(11)16-4/h6-9H,1-5H3,(H,16,17)/b7-6+. The number of hydrogen-bond acceptors (Lipinski definition) is 6. The molecule has 0 aliphatic carbocycles. The molecule has 6 nitrogen and oxygen atoms in total. The van der Waals surface area contributed by atoms with Crippen LogP contribution in [0.1, 0.15) is 36.7 Å². The second-order valence-electron chi connectivity index (χ2n) is 5.27. The van der Waals surface area contributed by atoms with Crippen molar-refractivity contribution in [2.24, 2.45) is 0 Å². The van der Waals surface area contributed by atoms with E-state index in [1.54, 1.807) is 40.1 Å². The Hall–Kier alpha value is -2.37. The van der Waals surface area contributed by atoms with Gasteiger partial charge in [0.05, 0.1) is 7.11 Å². The zero-order valence-corrected chi connectivity index (χ0v) is 12.9. The molecule has 114 valence electrons. The third kappa shape index (κ3) is 5.25. The second-order valence-corrected chi connectivity index (χ2v) is 5.27. The van der Waals surface area contributed by atoms with Gasteiger partial charge in [-0.25, -0.2) is 14.6 Å². The molecule has 6 heteroatoms. The highest BCUT2D eigenvalue weighted by molar-refractivity contribution is 5.96. The molecule has 1 aromatic rings. The second kappa shape index (κ2) is 6.88. The number of hydrogen-bond donors (Lipinski definition) is 1. The van der Waals surface area contributed by atoms with Gasteiger partial charge in [-0.3, -0.25) is 0 Å². The molecule has 1 aromatic heterocycles. The van der Waals surface area contributed by atoms with Crippen molar-refractivity contribution in [1.82, 2.24) is 4.98 Å². The van der Waals surface area contributed by atoms with Crippen molar-refractivity contribution in [1.29, 1.82) is 0 Å². The predicted octanol–water partition coefficient (Wildman–Crippen LogP) is 2.26. The van der Waals surface area contributed by atoms with Crippen LogP contribution in [0.3, 0.4) is 0 Å². The number of esters is 2. The smallest absolute Gasteiger partial charge is 0.342 e. The van der Waals surface area contributed by atoms with Crippen LogP contribution in [0.25, 0.3) is 6.08 Å². The lowest BCUT2D eigenvalue weighted by molar-refractivity contribution is -0.134. The molecule has 0 spiro atoms. The maximum absolute atomic E-state index is 12.2. The summed E-state index contributed by atoms with van der Waals surface area (Å²) < 4.78 is 9.84. The highest BCUT2D eigenvalue weighted by Crippen LogP contribution is 2.19. The van der Waals surface area contributed by atoms with Crippen LogP contribution in [0.15, 0.2) is 18.3 Å². The van der Waals surface area contributed by atoms with Gasteiger partial charge in [0, 0.05) is 19.3 Å². The molecule has 0 amide bonds. The summed E-state index contributed by atoms with van der Waals surface area (Å²) in [5, 5.41) is 2.84. The lowest BCUT2D eigenvalue weighted by Crippen LogP contribution is -2.24. The van der Waals surface area contributed by atoms with E-state index in [1.807, 2.05) is 0 Å². The van der Waals surface area contributed by atoms with Crippen molar-refractivity contribution in [3.8, 4) is 0 Å². The average Bonchev–Trinajstić information content (AvgIpc) is 2.42. The topological polar surface area (TPSA) is 77.5 Å². The Kier molecular flexibility index (Phi) is 5.46. The van der Waals surface area contributed by atoms with Crippen LogP contribution in [0.5, 0.6) is 0 Å². The van der Waals surface area contributed by atoms with Crippen molar-refractivity contribution in [2.45, 2.75) is 26.4 Å². The summed E-state index contributed by atoms with van der Waals surface area (Å²) in [4.78, 5) is 27.4. The van der Waals surface area contributed by atoms with Crippen LogP contribution in [0.2, 0.25) is 0 Å². The van der Waals surface area contributed by atoms with E-state index >= 15 is 0 Å². The van der Waals surface area contributed by atoms with Crippen molar-refractivity contribution >= 4 is 23.8 Å². The molecule has 0 aliphatic heterocycles. The fourth-order valence-corrected chi connectivity index (χ4v) is 1.49. The third-order valence-corrected chi connectivity index (χ3v) is 2.38. The van der Waals surface area contributed by atoms with Gasteiger partial charge in [-0.2, -0.15) is 0 Å². The number of anilines is 1. The summed E-state index contributed by atoms with van der Waals surface area (Å²) in [5.74, 6) is -0.543. The first-order valence-electron chi connectivity index (χ1n) is 6.44. The summed E-state index contributed by atoms with van der Waals surface area (Å²) in [6.45, 7) is 5.37. The van der Waals surface area contributed by atoms with Crippen LogP contribution < -0.4 is 5.32 Å². The van der Waals surface area contributed by atoms with Crippen LogP contribution in [-0.2, 0) is 14.3 Å². The number of aromatic nitrogens is 1. The van der Waals surface area contributed by atoms with Gasteiger partial charge >= 0.3 is 11.9 Å². The first-order valence-corrected chi connectivity index (χ1v) is 6.44. The highest BCUT2D eigenvalue weighted by Gasteiger charge is 2.21. The van der Waals surface area contributed by atoms with Crippen molar-refractivity contribution in [3.05, 3.63) is 29.5 Å². The quantitative estimate of drug-likeness (QED) is 0.677. The minimum Gasteiger partial charge on any atom is -0.466 e. The Morgan fingerprint density at radius 2 is 2.00 bits per heavy atom. The third-order valence-electron chi connectivity index (χ3n) is 2.38. The Balaban J connectivity index is 3.09. The van der Waals surface area contributed by atoms with E-state index in [9.17, 15) is 9.59 Å². The number of methoxy groups -OCH3 is 1. The molecule has 0 aliphatic rings. The Morgan fingerprint density at radius 1 is 1.33 bits per heavy atom. The van der Waals surface area contributed by atoms with Crippen molar-refractivity contribution < 1.29 is 19.1 Å². The zero-order valence-electron chi connectivity index (χ0n) is 12.9. The summed E-state index contributed by atoms with van der Waals surface area (Å²) in [6, 6.07) is 1.60. The van der Waals surface area contributed by atoms with Gasteiger partial charge < -0.3 is 14.8 Å². The van der Waals surface area contributed by atoms with Gasteiger partial charge in [0.1, 0.15) is 17.0 Å². The molecule has 0 atom stereocenters. The summed E-state index contributed by atoms with van der Waals surface area (Å²) in [7, 11) is 2.96. The number of pyridine rings is 1. The monoisotopic (exact) mass is 292 g/mol. The number of rotatable bonds is 4. The highest BCUT2D eigenvalue weighted by atomic mass is 16.6. The van der Waals surface area contributed by atoms with E-state index in [2.05, 4.69) is 15.0 Å². The van der Waals surface area contributed by atoms with E-state index in [1.165, 1.54) is 19.3 Å². The number of carbonyl (C=O) groups is 2. The van der Waals surface area contributed by atoms with Gasteiger partial charge in [-0.05, 0) is 38.5 Å². The molecule has 1 rings (SSSR count). The maximum Gasteiger partial charge on any atom is 0.342 e. The largest absolute Gasteiger partial charge is 0.466 e. The molecular weight excluding hydrogens is 272 g/mol. The minimum absolute atomic E-state index is 0.305. The maximum atomic E-state index is 12.2. The molecule has 0 radical (unpaired) electrons. The van der Waals surface area contributed by atoms with Crippen LogP contribution in [-0.4, -0.2) is 36.7 Å². The molecule has 0 aromatic carbocycles. The minimum atomic E-state index is -0.597. The van der Waals surface area contributed by atoms with Crippen LogP contribution >= 0.6 is 0 Å². The summed E-state index contributed by atoms with van der Waals surface area (Å²) >= 11 is 0. The molecule has 0 saturated heterocycles. The molecule has 1 N–H and O–H groups in total. The van der Waals surface area contributed by atoms with E-state index in [-0.39, 0.29) is 0 Å². The average molecular weight is 292 g/mol. The Labute approximate surface area is 124 Å². The van der Waals surface area contributed by atoms with E-state index in [4.69, 9.17) is 4.74 Å². The zero-order chi connectivity index (χ0) is 16.0. The normalized spacial score (nSPS) is 11.3. The summed E-state index contributed by atoms with van der Waals surface area (Å²) in [5.41, 5.74) is 0.305. The number of nitrogens with zero attached hydrogens (tertiary/aromatic N) is 1. The predicted molar refractivity (Wildman–Crippen MR) is 80.0 cm³/mol. The van der Waals surface area contributed by atoms with Gasteiger partial charge in [-0.15, -0.1) is 0 Å². The molecule has 0 bridgehead atoms. The first-order chi connectivity index (χ1) is 9.76. The summed E-state index contributed by atoms with van der Waals surface area (Å²) in [6.07, 6.45) is 4.32. The Morgan fingerprint density at radius 3 is 2.52 bits per heavy atom. The van der Waals surface area contributed by atoms with E-state index in [0.717, 1.165) is 0 Å². The molecule has 21 heavy (non-hydrogen) atoms. The molecule has 1 heterocycles. The number of nitrogens with one attached hydrogen (secondary N) is 1. The van der Waals surface area contributed by atoms with Crippen molar-refractivity contribution in [2.75, 3.05) is 19.5 Å². The van der Waals surface area contributed by atoms with E-state index in [0.29, 0.717) is 16.9 Å². The number of carbonyl (C=O) groups excluding carboxylic acids is 2. The molecular formula is C15H20N2O4. The number of ether oxygens (including phenoxy) is 2. The van der Waals surface area contributed by atoms with Gasteiger partial charge in [0.25, 0.3) is 0 Å². The van der Waals surface area contributed by atoms with Gasteiger partial charge in [0.15, 0.2) is 0 Å². The fraction of sp³-hybridized carbons (Fsp3) is 0.400. The molecule has 0 saturated carbocycles. The van der Waals surface area contributed by atoms with Crippen molar-refractivity contribution in [3.63, 3.8) is 0 Å². The lowest BCUT2D eigenvalue weighted by Gasteiger charge is -2.20. The van der Waals surface area contributed by atoms with Crippen LogP contribution in [0, 0.1) is 0 Å². The van der Waals surface area contributed by atoms with Gasteiger partial charge in [0.2, 0.25) is 0 Å². The first kappa shape index (κ1) is 16.7. The fourth-order valence-electron chi connectivity index (χ4n) is 1.49. The molecule has 0 fully saturated rings. The lowest BCUT2D eigenvalue weighted by atomic mass is 10.1.